The van der Waals surface area contributed by atoms with Gasteiger partial charge in [0, 0.05) is 19.3 Å². The molecular weight excluding hydrogens is 216 g/mol. The molecule has 0 fully saturated rings. The highest BCUT2D eigenvalue weighted by atomic mass is 19.3. The van der Waals surface area contributed by atoms with E-state index in [-0.39, 0.29) is 5.75 Å². The van der Waals surface area contributed by atoms with E-state index in [0.29, 0.717) is 13.6 Å². The van der Waals surface area contributed by atoms with Crippen molar-refractivity contribution in [3.8, 4) is 5.75 Å². The molecule has 1 rings (SSSR count). The number of rotatable bonds is 6. The molecule has 0 radical (unpaired) electrons. The van der Waals surface area contributed by atoms with Crippen LogP contribution in [0.15, 0.2) is 29.4 Å². The van der Waals surface area contributed by atoms with Gasteiger partial charge in [0.15, 0.2) is 0 Å². The summed E-state index contributed by atoms with van der Waals surface area (Å²) in [6.07, 6.45) is -3.16. The van der Waals surface area contributed by atoms with Gasteiger partial charge < -0.3 is 10.1 Å². The number of halogens is 2. The number of hydrogen-bond acceptors (Lipinski definition) is 4. The van der Waals surface area contributed by atoms with Crippen LogP contribution in [0.4, 0.5) is 14.5 Å². The van der Waals surface area contributed by atoms with E-state index in [1.165, 1.54) is 12.1 Å². The number of ether oxygens (including phenoxy) is 1. The van der Waals surface area contributed by atoms with E-state index in [4.69, 9.17) is 0 Å². The van der Waals surface area contributed by atoms with Gasteiger partial charge in [0.05, 0.1) is 0 Å². The van der Waals surface area contributed by atoms with Crippen molar-refractivity contribution in [1.29, 1.82) is 0 Å². The minimum Gasteiger partial charge on any atom is -0.433 e. The van der Waals surface area contributed by atoms with E-state index >= 15 is 0 Å². The molecule has 0 aliphatic carbocycles. The molecular formula is C10H13F2N3O. The Kier molecular flexibility index (Phi) is 4.04. The van der Waals surface area contributed by atoms with Gasteiger partial charge in [-0.2, -0.15) is 13.9 Å². The van der Waals surface area contributed by atoms with Crippen LogP contribution >= 0.6 is 0 Å². The van der Waals surface area contributed by atoms with E-state index in [9.17, 15) is 8.78 Å². The lowest BCUT2D eigenvalue weighted by Gasteiger charge is -2.13. The first-order valence-corrected chi connectivity index (χ1v) is 4.60. The lowest BCUT2D eigenvalue weighted by molar-refractivity contribution is -0.158. The molecule has 0 bridgehead atoms. The predicted molar refractivity (Wildman–Crippen MR) is 58.9 cm³/mol. The van der Waals surface area contributed by atoms with E-state index in [1.54, 1.807) is 12.1 Å². The molecule has 4 nitrogen and oxygen atoms in total. The van der Waals surface area contributed by atoms with E-state index < -0.39 is 6.11 Å². The average Bonchev–Trinajstić information content (AvgIpc) is 2.19. The van der Waals surface area contributed by atoms with Crippen LogP contribution in [0, 0.1) is 0 Å². The van der Waals surface area contributed by atoms with E-state index in [2.05, 4.69) is 27.3 Å². The van der Waals surface area contributed by atoms with Crippen LogP contribution in [0.1, 0.15) is 6.92 Å². The van der Waals surface area contributed by atoms with Gasteiger partial charge in [-0.15, -0.1) is 0 Å². The highest BCUT2D eigenvalue weighted by Gasteiger charge is 2.22. The molecule has 0 aliphatic heterocycles. The normalized spacial score (nSPS) is 10.7. The molecule has 1 aromatic rings. The Hall–Kier alpha value is -1.85. The Balaban J connectivity index is 2.51. The molecule has 6 heteroatoms. The Labute approximate surface area is 92.3 Å². The molecule has 1 aromatic carbocycles. The Bertz CT molecular complexity index is 335. The Morgan fingerprint density at radius 2 is 2.00 bits per heavy atom. The van der Waals surface area contributed by atoms with Crippen LogP contribution in [0.3, 0.4) is 0 Å². The molecule has 0 saturated carbocycles. The monoisotopic (exact) mass is 229 g/mol. The van der Waals surface area contributed by atoms with Crippen molar-refractivity contribution in [1.82, 2.24) is 5.43 Å². The molecule has 0 unspecified atom stereocenters. The fraction of sp³-hybridized carbons (Fsp3) is 0.300. The minimum absolute atomic E-state index is 0.118. The van der Waals surface area contributed by atoms with Crippen LogP contribution < -0.4 is 15.5 Å². The van der Waals surface area contributed by atoms with Crippen LogP contribution in [0.2, 0.25) is 0 Å². The fourth-order valence-corrected chi connectivity index (χ4v) is 1.05. The largest absolute Gasteiger partial charge is 0.433 e. The van der Waals surface area contributed by atoms with Crippen molar-refractivity contribution in [2.45, 2.75) is 13.0 Å². The zero-order valence-electron chi connectivity index (χ0n) is 8.84. The third-order valence-corrected chi connectivity index (χ3v) is 1.63. The summed E-state index contributed by atoms with van der Waals surface area (Å²) in [5.74, 6) is 0.118. The third kappa shape index (κ3) is 4.59. The highest BCUT2D eigenvalue weighted by Crippen LogP contribution is 2.22. The summed E-state index contributed by atoms with van der Waals surface area (Å²) in [6.45, 7) is 4.35. The molecule has 0 atom stereocenters. The summed E-state index contributed by atoms with van der Waals surface area (Å²) in [5.41, 5.74) is 3.37. The summed E-state index contributed by atoms with van der Waals surface area (Å²) in [6, 6.07) is 6.18. The Morgan fingerprint density at radius 3 is 2.50 bits per heavy atom. The first kappa shape index (κ1) is 12.2. The SMILES string of the molecule is C=NNCNc1ccc(OC(C)(F)F)cc1. The maximum absolute atomic E-state index is 12.5. The number of anilines is 1. The van der Waals surface area contributed by atoms with Crippen molar-refractivity contribution in [3.05, 3.63) is 24.3 Å². The molecule has 16 heavy (non-hydrogen) atoms. The molecule has 0 aliphatic rings. The Morgan fingerprint density at radius 1 is 1.38 bits per heavy atom. The lowest BCUT2D eigenvalue weighted by atomic mass is 10.3. The molecule has 0 saturated heterocycles. The second-order valence-electron chi connectivity index (χ2n) is 3.10. The predicted octanol–water partition coefficient (Wildman–Crippen LogP) is 2.25. The van der Waals surface area contributed by atoms with Crippen LogP contribution in [0.5, 0.6) is 5.75 Å². The lowest BCUT2D eigenvalue weighted by Crippen LogP contribution is -2.19. The fourth-order valence-electron chi connectivity index (χ4n) is 1.05. The van der Waals surface area contributed by atoms with Crippen molar-refractivity contribution < 1.29 is 13.5 Å². The van der Waals surface area contributed by atoms with Crippen molar-refractivity contribution in [2.75, 3.05) is 12.0 Å². The number of nitrogens with zero attached hydrogens (tertiary/aromatic N) is 1. The quantitative estimate of drug-likeness (QED) is 0.340. The van der Waals surface area contributed by atoms with Gasteiger partial charge in [-0.1, -0.05) is 0 Å². The second kappa shape index (κ2) is 5.29. The van der Waals surface area contributed by atoms with Gasteiger partial charge in [0.1, 0.15) is 12.4 Å². The molecule has 0 heterocycles. The minimum atomic E-state index is -3.16. The van der Waals surface area contributed by atoms with Gasteiger partial charge in [-0.3, -0.25) is 5.43 Å². The highest BCUT2D eigenvalue weighted by molar-refractivity contribution is 5.46. The topological polar surface area (TPSA) is 45.7 Å². The van der Waals surface area contributed by atoms with Crippen molar-refractivity contribution >= 4 is 12.4 Å². The van der Waals surface area contributed by atoms with Gasteiger partial charge in [-0.25, -0.2) is 0 Å². The molecule has 0 amide bonds. The average molecular weight is 229 g/mol. The number of benzene rings is 1. The van der Waals surface area contributed by atoms with Crippen LogP contribution in [-0.2, 0) is 0 Å². The van der Waals surface area contributed by atoms with E-state index in [0.717, 1.165) is 5.69 Å². The number of hydrazone groups is 1. The van der Waals surface area contributed by atoms with Gasteiger partial charge in [0.25, 0.3) is 0 Å². The first-order chi connectivity index (χ1) is 7.51. The maximum Gasteiger partial charge on any atom is 0.394 e. The zero-order valence-corrected chi connectivity index (χ0v) is 8.84. The molecule has 2 N–H and O–H groups in total. The summed E-state index contributed by atoms with van der Waals surface area (Å²) in [5, 5.41) is 6.38. The maximum atomic E-state index is 12.5. The number of hydrogen-bond donors (Lipinski definition) is 2. The zero-order chi connectivity index (χ0) is 12.0. The molecule has 0 aromatic heterocycles. The van der Waals surface area contributed by atoms with Crippen molar-refractivity contribution in [2.24, 2.45) is 5.10 Å². The van der Waals surface area contributed by atoms with Crippen LogP contribution in [-0.4, -0.2) is 19.5 Å². The standard InChI is InChI=1S/C10H13F2N3O/c1-10(11,12)16-9-5-3-8(4-6-9)14-7-15-13-2/h3-6,14-15H,2,7H2,1H3. The van der Waals surface area contributed by atoms with E-state index in [1.807, 2.05) is 0 Å². The van der Waals surface area contributed by atoms with Gasteiger partial charge in [-0.05, 0) is 24.3 Å². The first-order valence-electron chi connectivity index (χ1n) is 4.60. The third-order valence-electron chi connectivity index (χ3n) is 1.63. The summed E-state index contributed by atoms with van der Waals surface area (Å²) in [7, 11) is 0. The van der Waals surface area contributed by atoms with Crippen molar-refractivity contribution in [3.63, 3.8) is 0 Å². The smallest absolute Gasteiger partial charge is 0.394 e. The molecule has 88 valence electrons. The van der Waals surface area contributed by atoms with Gasteiger partial charge in [0.2, 0.25) is 0 Å². The second-order valence-corrected chi connectivity index (χ2v) is 3.10. The van der Waals surface area contributed by atoms with Crippen LogP contribution in [0.25, 0.3) is 0 Å². The number of nitrogens with one attached hydrogen (secondary N) is 2. The molecule has 0 spiro atoms. The number of alkyl halides is 2. The summed E-state index contributed by atoms with van der Waals surface area (Å²) < 4.78 is 29.4. The summed E-state index contributed by atoms with van der Waals surface area (Å²) >= 11 is 0. The van der Waals surface area contributed by atoms with Gasteiger partial charge >= 0.3 is 6.11 Å². The summed E-state index contributed by atoms with van der Waals surface area (Å²) in [4.78, 5) is 0.